The Morgan fingerprint density at radius 2 is 1.48 bits per heavy atom. The Balaban J connectivity index is 1.98. The molecule has 0 aliphatic carbocycles. The van der Waals surface area contributed by atoms with E-state index in [4.69, 9.17) is 23.2 Å². The van der Waals surface area contributed by atoms with E-state index in [9.17, 15) is 8.42 Å². The van der Waals surface area contributed by atoms with Crippen molar-refractivity contribution in [3.63, 3.8) is 0 Å². The SMILES string of the molecule is Cc1nc2ccccc2n1C(=NS(=O)(=O)c1ccc(Cl)cc1)c1ccc(Cl)cc1. The third kappa shape index (κ3) is 3.92. The van der Waals surface area contributed by atoms with Gasteiger partial charge in [-0.3, -0.25) is 4.57 Å². The Bertz CT molecular complexity index is 1330. The molecule has 0 radical (unpaired) electrons. The van der Waals surface area contributed by atoms with Crippen molar-refractivity contribution in [1.82, 2.24) is 9.55 Å². The molecule has 0 saturated heterocycles. The molecule has 5 nitrogen and oxygen atoms in total. The van der Waals surface area contributed by atoms with Crippen molar-refractivity contribution in [2.45, 2.75) is 11.8 Å². The second kappa shape index (κ2) is 7.63. The quantitative estimate of drug-likeness (QED) is 0.317. The molecule has 0 fully saturated rings. The monoisotopic (exact) mass is 443 g/mol. The van der Waals surface area contributed by atoms with Crippen molar-refractivity contribution < 1.29 is 8.42 Å². The Morgan fingerprint density at radius 1 is 0.897 bits per heavy atom. The summed E-state index contributed by atoms with van der Waals surface area (Å²) in [6.07, 6.45) is 0. The van der Waals surface area contributed by atoms with E-state index < -0.39 is 10.0 Å². The predicted octanol–water partition coefficient (Wildman–Crippen LogP) is 5.34. The van der Waals surface area contributed by atoms with Gasteiger partial charge in [0, 0.05) is 15.6 Å². The highest BCUT2D eigenvalue weighted by Crippen LogP contribution is 2.22. The lowest BCUT2D eigenvalue weighted by atomic mass is 10.2. The van der Waals surface area contributed by atoms with Gasteiger partial charge in [0.1, 0.15) is 5.82 Å². The normalized spacial score (nSPS) is 12.4. The van der Waals surface area contributed by atoms with Gasteiger partial charge in [-0.25, -0.2) is 4.98 Å². The topological polar surface area (TPSA) is 64.3 Å². The number of hydrogen-bond acceptors (Lipinski definition) is 3. The molecule has 146 valence electrons. The lowest BCUT2D eigenvalue weighted by molar-refractivity contribution is 0.598. The first-order chi connectivity index (χ1) is 13.8. The molecule has 29 heavy (non-hydrogen) atoms. The molecule has 0 spiro atoms. The largest absolute Gasteiger partial charge is 0.284 e. The number of imidazole rings is 1. The molecule has 1 aromatic heterocycles. The van der Waals surface area contributed by atoms with Crippen molar-refractivity contribution in [3.05, 3.63) is 94.2 Å². The van der Waals surface area contributed by atoms with E-state index in [0.29, 0.717) is 21.4 Å². The van der Waals surface area contributed by atoms with Crippen molar-refractivity contribution >= 4 is 50.1 Å². The van der Waals surface area contributed by atoms with Crippen LogP contribution < -0.4 is 0 Å². The summed E-state index contributed by atoms with van der Waals surface area (Å²) < 4.78 is 32.0. The molecule has 4 aromatic rings. The van der Waals surface area contributed by atoms with Gasteiger partial charge in [-0.2, -0.15) is 8.42 Å². The Kier molecular flexibility index (Phi) is 5.17. The maximum absolute atomic E-state index is 13.0. The summed E-state index contributed by atoms with van der Waals surface area (Å²) in [5.74, 6) is 0.856. The molecule has 4 rings (SSSR count). The third-order valence-electron chi connectivity index (χ3n) is 4.36. The summed E-state index contributed by atoms with van der Waals surface area (Å²) in [7, 11) is -4.00. The van der Waals surface area contributed by atoms with Gasteiger partial charge in [0.25, 0.3) is 10.0 Å². The molecular formula is C21H15Cl2N3O2S. The number of rotatable bonds is 3. The molecule has 0 amide bonds. The van der Waals surface area contributed by atoms with E-state index >= 15 is 0 Å². The van der Waals surface area contributed by atoms with Crippen molar-refractivity contribution in [2.75, 3.05) is 0 Å². The molecule has 1 heterocycles. The van der Waals surface area contributed by atoms with Crippen LogP contribution in [0, 0.1) is 6.92 Å². The highest BCUT2D eigenvalue weighted by molar-refractivity contribution is 7.90. The van der Waals surface area contributed by atoms with Crippen LogP contribution in [0.15, 0.2) is 82.1 Å². The fourth-order valence-corrected chi connectivity index (χ4v) is 4.26. The Hall–Kier alpha value is -2.67. The number of fused-ring (bicyclic) bond motifs is 1. The lowest BCUT2D eigenvalue weighted by Gasteiger charge is -2.12. The molecule has 0 saturated carbocycles. The van der Waals surface area contributed by atoms with E-state index in [-0.39, 0.29) is 10.7 Å². The van der Waals surface area contributed by atoms with Crippen LogP contribution in [0.5, 0.6) is 0 Å². The van der Waals surface area contributed by atoms with Crippen LogP contribution in [0.2, 0.25) is 10.0 Å². The number of hydrogen-bond donors (Lipinski definition) is 0. The predicted molar refractivity (Wildman–Crippen MR) is 116 cm³/mol. The minimum atomic E-state index is -4.00. The Labute approximate surface area is 178 Å². The zero-order valence-electron chi connectivity index (χ0n) is 15.3. The number of para-hydroxylation sites is 2. The summed E-state index contributed by atoms with van der Waals surface area (Å²) in [6, 6.07) is 20.2. The highest BCUT2D eigenvalue weighted by Gasteiger charge is 2.20. The van der Waals surface area contributed by atoms with Gasteiger partial charge in [0.15, 0.2) is 5.84 Å². The van der Waals surface area contributed by atoms with Crippen LogP contribution >= 0.6 is 23.2 Å². The fourth-order valence-electron chi connectivity index (χ4n) is 3.01. The maximum atomic E-state index is 13.0. The molecule has 3 aromatic carbocycles. The van der Waals surface area contributed by atoms with Crippen molar-refractivity contribution in [1.29, 1.82) is 0 Å². The first-order valence-electron chi connectivity index (χ1n) is 8.66. The summed E-state index contributed by atoms with van der Waals surface area (Å²) in [5, 5.41) is 0.989. The van der Waals surface area contributed by atoms with Crippen molar-refractivity contribution in [2.24, 2.45) is 4.40 Å². The fraction of sp³-hybridized carbons (Fsp3) is 0.0476. The van der Waals surface area contributed by atoms with E-state index in [1.807, 2.05) is 24.3 Å². The van der Waals surface area contributed by atoms with Crippen LogP contribution in [0.4, 0.5) is 0 Å². The van der Waals surface area contributed by atoms with Crippen LogP contribution in [-0.4, -0.2) is 23.8 Å². The Morgan fingerprint density at radius 3 is 2.14 bits per heavy atom. The smallest absolute Gasteiger partial charge is 0.279 e. The minimum absolute atomic E-state index is 0.0513. The minimum Gasteiger partial charge on any atom is -0.279 e. The average Bonchev–Trinajstić information content (AvgIpc) is 3.03. The number of benzene rings is 3. The molecule has 0 aliphatic rings. The molecular weight excluding hydrogens is 429 g/mol. The number of nitrogens with zero attached hydrogens (tertiary/aromatic N) is 3. The van der Waals surface area contributed by atoms with Crippen LogP contribution in [0.25, 0.3) is 11.0 Å². The number of aromatic nitrogens is 2. The number of aryl methyl sites for hydroxylation is 1. The van der Waals surface area contributed by atoms with E-state index in [2.05, 4.69) is 9.38 Å². The van der Waals surface area contributed by atoms with Gasteiger partial charge < -0.3 is 0 Å². The van der Waals surface area contributed by atoms with Gasteiger partial charge in [-0.15, -0.1) is 4.40 Å². The molecule has 0 unspecified atom stereocenters. The average molecular weight is 444 g/mol. The number of halogens is 2. The standard InChI is InChI=1S/C21H15Cl2N3O2S/c1-14-24-19-4-2-3-5-20(19)26(14)21(15-6-8-16(22)9-7-15)25-29(27,28)18-12-10-17(23)11-13-18/h2-13H,1H3. The maximum Gasteiger partial charge on any atom is 0.284 e. The van der Waals surface area contributed by atoms with Crippen molar-refractivity contribution in [3.8, 4) is 0 Å². The van der Waals surface area contributed by atoms with E-state index in [1.165, 1.54) is 24.3 Å². The van der Waals surface area contributed by atoms with Crippen LogP contribution in [0.3, 0.4) is 0 Å². The first kappa shape index (κ1) is 19.6. The van der Waals surface area contributed by atoms with E-state index in [1.54, 1.807) is 35.8 Å². The second-order valence-corrected chi connectivity index (χ2v) is 8.81. The van der Waals surface area contributed by atoms with Gasteiger partial charge in [0.2, 0.25) is 0 Å². The summed E-state index contributed by atoms with van der Waals surface area (Å²) in [4.78, 5) is 4.59. The van der Waals surface area contributed by atoms with Gasteiger partial charge in [0.05, 0.1) is 15.9 Å². The van der Waals surface area contributed by atoms with Crippen LogP contribution in [-0.2, 0) is 10.0 Å². The second-order valence-electron chi connectivity index (χ2n) is 6.33. The van der Waals surface area contributed by atoms with Gasteiger partial charge >= 0.3 is 0 Å². The zero-order valence-corrected chi connectivity index (χ0v) is 17.6. The van der Waals surface area contributed by atoms with E-state index in [0.717, 1.165) is 11.0 Å². The first-order valence-corrected chi connectivity index (χ1v) is 10.9. The third-order valence-corrected chi connectivity index (χ3v) is 6.15. The molecule has 8 heteroatoms. The summed E-state index contributed by atoms with van der Waals surface area (Å²) in [5.41, 5.74) is 2.10. The summed E-state index contributed by atoms with van der Waals surface area (Å²) >= 11 is 11.9. The number of sulfonamides is 1. The van der Waals surface area contributed by atoms with Crippen LogP contribution in [0.1, 0.15) is 11.4 Å². The molecule has 0 aliphatic heterocycles. The molecule has 0 atom stereocenters. The van der Waals surface area contributed by atoms with Gasteiger partial charge in [-0.1, -0.05) is 35.3 Å². The molecule has 0 N–H and O–H groups in total. The summed E-state index contributed by atoms with van der Waals surface area (Å²) in [6.45, 7) is 1.81. The molecule has 0 bridgehead atoms. The lowest BCUT2D eigenvalue weighted by Crippen LogP contribution is -2.17. The zero-order chi connectivity index (χ0) is 20.6. The van der Waals surface area contributed by atoms with Gasteiger partial charge in [-0.05, 0) is 67.6 Å². The highest BCUT2D eigenvalue weighted by atomic mass is 35.5.